The fourth-order valence-electron chi connectivity index (χ4n) is 6.54. The lowest BCUT2D eigenvalue weighted by molar-refractivity contribution is -0.146. The standard InChI is InChI=1S/C39H51N7O18S/c1-17(33(55)43-24(15-47)36(58)45-32(18(2)48)38(60)46-10-4-5-26(46)37(59)44-25(16-65)39(61)62)40-35(57)23(14-30(52)53)42-34(56)22(8-9-29(50)51)41-28(49)11-19-12-31(54)64-27-13-20(63-3)6-7-21(19)27/h6-7,12-13,17-18,22-26,32,47-48,65H,4-5,8-11,14-16H2,1-3H3,(H,40,57)(H,41,49)(H,42,56)(H,43,55)(H,44,59)(H,45,58)(H,50,51)(H,52,53)(H,61,62)/t17-,18+,22-,23-,24-,25-,26-,32-/m0/s1. The van der Waals surface area contributed by atoms with Crippen molar-refractivity contribution >= 4 is 82.9 Å². The molecular formula is C39H51N7O18S. The number of fused-ring (bicyclic) bond motifs is 1. The second-order valence-electron chi connectivity index (χ2n) is 14.8. The van der Waals surface area contributed by atoms with E-state index in [2.05, 4.69) is 44.5 Å². The number of carbonyl (C=O) groups excluding carboxylic acids is 7. The number of ether oxygens (including phenoxy) is 1. The van der Waals surface area contributed by atoms with Crippen LogP contribution in [-0.2, 0) is 54.4 Å². The van der Waals surface area contributed by atoms with Gasteiger partial charge in [-0.25, -0.2) is 9.59 Å². The quantitative estimate of drug-likeness (QED) is 0.0352. The number of amides is 7. The Kier molecular flexibility index (Phi) is 19.7. The number of methoxy groups -OCH3 is 1. The van der Waals surface area contributed by atoms with Crippen LogP contribution in [0, 0.1) is 0 Å². The third-order valence-electron chi connectivity index (χ3n) is 9.95. The van der Waals surface area contributed by atoms with E-state index in [0.29, 0.717) is 17.6 Å². The maximum absolute atomic E-state index is 13.5. The number of carboxylic acid groups (broad SMARTS) is 3. The highest BCUT2D eigenvalue weighted by Crippen LogP contribution is 2.23. The molecule has 1 saturated heterocycles. The molecule has 25 nitrogen and oxygen atoms in total. The fraction of sp³-hybridized carbons (Fsp3) is 0.513. The van der Waals surface area contributed by atoms with E-state index in [1.54, 1.807) is 0 Å². The summed E-state index contributed by atoms with van der Waals surface area (Å²) in [6.45, 7) is 1.14. The molecule has 1 aromatic carbocycles. The summed E-state index contributed by atoms with van der Waals surface area (Å²) in [5.41, 5.74) is -0.564. The van der Waals surface area contributed by atoms with Gasteiger partial charge in [0.25, 0.3) is 0 Å². The molecular weight excluding hydrogens is 887 g/mol. The summed E-state index contributed by atoms with van der Waals surface area (Å²) in [6.07, 6.45) is -3.95. The van der Waals surface area contributed by atoms with Crippen molar-refractivity contribution in [3.8, 4) is 5.75 Å². The van der Waals surface area contributed by atoms with E-state index in [9.17, 15) is 78.3 Å². The third kappa shape index (κ3) is 15.2. The van der Waals surface area contributed by atoms with Gasteiger partial charge in [0.15, 0.2) is 0 Å². The summed E-state index contributed by atoms with van der Waals surface area (Å²) in [7, 11) is 1.38. The van der Waals surface area contributed by atoms with Gasteiger partial charge in [0.1, 0.15) is 53.6 Å². The van der Waals surface area contributed by atoms with Crippen LogP contribution in [0.15, 0.2) is 33.5 Å². The Hall–Kier alpha value is -6.80. The maximum atomic E-state index is 13.5. The van der Waals surface area contributed by atoms with E-state index in [4.69, 9.17) is 9.15 Å². The minimum absolute atomic E-state index is 0.00316. The Morgan fingerprint density at radius 1 is 0.831 bits per heavy atom. The number of rotatable bonds is 24. The van der Waals surface area contributed by atoms with Crippen LogP contribution in [0.5, 0.6) is 5.75 Å². The van der Waals surface area contributed by atoms with Crippen molar-refractivity contribution in [2.75, 3.05) is 26.0 Å². The van der Waals surface area contributed by atoms with Gasteiger partial charge in [-0.15, -0.1) is 0 Å². The average Bonchev–Trinajstić information content (AvgIpc) is 3.74. The highest BCUT2D eigenvalue weighted by atomic mass is 32.1. The molecule has 0 radical (unpaired) electrons. The monoisotopic (exact) mass is 937 g/mol. The van der Waals surface area contributed by atoms with Crippen molar-refractivity contribution in [3.05, 3.63) is 40.2 Å². The highest BCUT2D eigenvalue weighted by molar-refractivity contribution is 7.80. The van der Waals surface area contributed by atoms with E-state index in [1.807, 2.05) is 0 Å². The van der Waals surface area contributed by atoms with Gasteiger partial charge in [-0.1, -0.05) is 0 Å². The number of carboxylic acids is 3. The van der Waals surface area contributed by atoms with Crippen molar-refractivity contribution < 1.29 is 82.6 Å². The van der Waals surface area contributed by atoms with Gasteiger partial charge in [-0.3, -0.25) is 43.2 Å². The number of thiol groups is 1. The van der Waals surface area contributed by atoms with E-state index < -0.39 is 146 Å². The molecule has 7 amide bonds. The first-order valence-corrected chi connectivity index (χ1v) is 20.5. The zero-order chi connectivity index (χ0) is 48.7. The number of benzene rings is 1. The van der Waals surface area contributed by atoms with Crippen molar-refractivity contribution in [2.24, 2.45) is 0 Å². The molecule has 0 unspecified atom stereocenters. The first-order valence-electron chi connectivity index (χ1n) is 19.9. The predicted molar refractivity (Wildman–Crippen MR) is 224 cm³/mol. The zero-order valence-electron chi connectivity index (χ0n) is 35.2. The van der Waals surface area contributed by atoms with Crippen LogP contribution in [0.25, 0.3) is 11.0 Å². The van der Waals surface area contributed by atoms with Crippen LogP contribution in [0.1, 0.15) is 51.5 Å². The first kappa shape index (κ1) is 52.5. The molecule has 11 N–H and O–H groups in total. The molecule has 356 valence electrons. The number of hydrogen-bond donors (Lipinski definition) is 12. The van der Waals surface area contributed by atoms with Gasteiger partial charge < -0.3 is 71.5 Å². The van der Waals surface area contributed by atoms with Crippen LogP contribution in [-0.4, -0.2) is 164 Å². The number of aliphatic hydroxyl groups excluding tert-OH is 2. The number of aliphatic carboxylic acids is 3. The van der Waals surface area contributed by atoms with Crippen LogP contribution in [0.2, 0.25) is 0 Å². The molecule has 1 fully saturated rings. The Morgan fingerprint density at radius 2 is 1.48 bits per heavy atom. The van der Waals surface area contributed by atoms with E-state index in [1.165, 1.54) is 25.3 Å². The van der Waals surface area contributed by atoms with Crippen LogP contribution >= 0.6 is 12.6 Å². The van der Waals surface area contributed by atoms with Crippen LogP contribution < -0.4 is 42.3 Å². The summed E-state index contributed by atoms with van der Waals surface area (Å²) in [5.74, 6) is -11.7. The van der Waals surface area contributed by atoms with Crippen LogP contribution in [0.3, 0.4) is 0 Å². The van der Waals surface area contributed by atoms with E-state index >= 15 is 0 Å². The summed E-state index contributed by atoms with van der Waals surface area (Å²) in [4.78, 5) is 141. The van der Waals surface area contributed by atoms with Crippen molar-refractivity contribution in [3.63, 3.8) is 0 Å². The van der Waals surface area contributed by atoms with Gasteiger partial charge in [0.2, 0.25) is 41.4 Å². The molecule has 2 aromatic rings. The van der Waals surface area contributed by atoms with Gasteiger partial charge in [-0.2, -0.15) is 12.6 Å². The molecule has 3 rings (SSSR count). The molecule has 0 bridgehead atoms. The molecule has 1 aliphatic heterocycles. The van der Waals surface area contributed by atoms with Crippen molar-refractivity contribution in [1.29, 1.82) is 0 Å². The number of likely N-dealkylation sites (tertiary alicyclic amines) is 1. The molecule has 26 heteroatoms. The number of aliphatic hydroxyl groups is 2. The molecule has 0 spiro atoms. The molecule has 1 aromatic heterocycles. The summed E-state index contributed by atoms with van der Waals surface area (Å²) >= 11 is 3.90. The molecule has 1 aliphatic rings. The van der Waals surface area contributed by atoms with E-state index in [0.717, 1.165) is 24.8 Å². The lowest BCUT2D eigenvalue weighted by Crippen LogP contribution is -2.62. The molecule has 2 heterocycles. The number of hydrogen-bond acceptors (Lipinski definition) is 16. The lowest BCUT2D eigenvalue weighted by Gasteiger charge is -2.31. The lowest BCUT2D eigenvalue weighted by atomic mass is 10.0. The second kappa shape index (κ2) is 24.3. The second-order valence-corrected chi connectivity index (χ2v) is 15.2. The Bertz CT molecular complexity index is 2200. The van der Waals surface area contributed by atoms with Gasteiger partial charge in [0, 0.05) is 36.2 Å². The van der Waals surface area contributed by atoms with Crippen molar-refractivity contribution in [1.82, 2.24) is 36.8 Å². The van der Waals surface area contributed by atoms with Gasteiger partial charge >= 0.3 is 23.5 Å². The fourth-order valence-corrected chi connectivity index (χ4v) is 6.79. The number of carbonyl (C=O) groups is 10. The van der Waals surface area contributed by atoms with Crippen LogP contribution in [0.4, 0.5) is 0 Å². The maximum Gasteiger partial charge on any atom is 0.336 e. The molecule has 65 heavy (non-hydrogen) atoms. The smallest absolute Gasteiger partial charge is 0.336 e. The summed E-state index contributed by atoms with van der Waals surface area (Å²) in [5, 5.41) is 62.1. The number of nitrogens with one attached hydrogen (secondary N) is 6. The summed E-state index contributed by atoms with van der Waals surface area (Å²) < 4.78 is 10.3. The Balaban J connectivity index is 1.69. The normalized spacial score (nSPS) is 16.6. The highest BCUT2D eigenvalue weighted by Gasteiger charge is 2.41. The summed E-state index contributed by atoms with van der Waals surface area (Å²) in [6, 6.07) is -5.78. The Labute approximate surface area is 374 Å². The van der Waals surface area contributed by atoms with Gasteiger partial charge in [-0.05, 0) is 50.8 Å². The molecule has 8 atom stereocenters. The van der Waals surface area contributed by atoms with Gasteiger partial charge in [0.05, 0.1) is 32.7 Å². The predicted octanol–water partition coefficient (Wildman–Crippen LogP) is -4.01. The topological polar surface area (TPSA) is 387 Å². The Morgan fingerprint density at radius 3 is 2.06 bits per heavy atom. The third-order valence-corrected chi connectivity index (χ3v) is 10.3. The van der Waals surface area contributed by atoms with Crippen molar-refractivity contribution in [2.45, 2.75) is 101 Å². The SMILES string of the molecule is COc1ccc2c(CC(=O)N[C@@H](CCC(=O)O)C(=O)N[C@@H](CC(=O)O)C(=O)N[C@@H](C)C(=O)N[C@@H](CO)C(=O)N[C@H](C(=O)N3CCC[C@H]3C(=O)N[C@@H](CS)C(=O)O)[C@@H](C)O)cc(=O)oc2c1. The average molecular weight is 938 g/mol. The largest absolute Gasteiger partial charge is 0.497 e. The minimum atomic E-state index is -1.93. The first-order chi connectivity index (χ1) is 30.6. The number of nitrogens with zero attached hydrogens (tertiary/aromatic N) is 1. The van der Waals surface area contributed by atoms with E-state index in [-0.39, 0.29) is 29.9 Å². The molecule has 0 aliphatic carbocycles. The zero-order valence-corrected chi connectivity index (χ0v) is 36.1. The molecule has 0 saturated carbocycles. The minimum Gasteiger partial charge on any atom is -0.497 e.